The Labute approximate surface area is 356 Å². The molecule has 0 aliphatic carbocycles. The molecule has 0 bridgehead atoms. The molecule has 0 rings (SSSR count). The Morgan fingerprint density at radius 1 is 0.780 bits per heavy atom. The summed E-state index contributed by atoms with van der Waals surface area (Å²) in [5, 5.41) is 20.2. The van der Waals surface area contributed by atoms with Gasteiger partial charge >= 0.3 is 5.97 Å². The van der Waals surface area contributed by atoms with Crippen molar-refractivity contribution in [2.75, 3.05) is 6.61 Å². The van der Waals surface area contributed by atoms with Crippen molar-refractivity contribution in [1.82, 2.24) is 5.32 Å². The number of nitrogens with one attached hydrogen (secondary N) is 1. The second-order valence-corrected chi connectivity index (χ2v) is 78.6. The first-order valence-corrected chi connectivity index (χ1v) is 50.0. The summed E-state index contributed by atoms with van der Waals surface area (Å²) in [5.74, 6) is -0.249. The summed E-state index contributed by atoms with van der Waals surface area (Å²) in [6, 6.07) is 0.0842. The lowest BCUT2D eigenvalue weighted by Gasteiger charge is -2.27. The molecule has 0 saturated heterocycles. The summed E-state index contributed by atoms with van der Waals surface area (Å²) >= 11 is 2.22. The molecule has 0 spiro atoms. The topological polar surface area (TPSA) is 86.6 Å². The number of halogens is 1. The largest absolute Gasteiger partial charge is 0.481 e. The SMILES string of the molecule is CC/C=C(\C)[C@@H](NC(=O)CCCCCCO)[C@@H](C)/C=C/I.CCCCCCCC(=O)O.PP(P)P(P(P)P)P(P)P.PPP(P(P)P)P(P)P. The second kappa shape index (κ2) is 45.8. The van der Waals surface area contributed by atoms with Crippen molar-refractivity contribution in [3.8, 4) is 0 Å². The van der Waals surface area contributed by atoms with E-state index >= 15 is 0 Å². The van der Waals surface area contributed by atoms with Crippen LogP contribution in [0.4, 0.5) is 0 Å². The fourth-order valence-corrected chi connectivity index (χ4v) is 152. The Bertz CT molecular complexity index is 835. The van der Waals surface area contributed by atoms with Crippen LogP contribution < -0.4 is 5.32 Å². The van der Waals surface area contributed by atoms with Crippen LogP contribution in [0.25, 0.3) is 0 Å². The monoisotopic (exact) mass is 1160 g/mol. The molecule has 0 aromatic rings. The van der Waals surface area contributed by atoms with Crippen molar-refractivity contribution in [2.24, 2.45) is 5.92 Å². The summed E-state index contributed by atoms with van der Waals surface area (Å²) in [6.07, 6.45) is 15.5. The molecule has 0 aromatic heterocycles. The van der Waals surface area contributed by atoms with E-state index in [1.165, 1.54) is 24.8 Å². The van der Waals surface area contributed by atoms with Crippen molar-refractivity contribution in [3.63, 3.8) is 0 Å². The van der Waals surface area contributed by atoms with Gasteiger partial charge < -0.3 is 15.5 Å². The van der Waals surface area contributed by atoms with Crippen LogP contribution in [0, 0.1) is 5.92 Å². The molecule has 50 heavy (non-hydrogen) atoms. The van der Waals surface area contributed by atoms with Crippen LogP contribution >= 0.6 is 178 Å². The number of carboxylic acid groups (broad SMARTS) is 1. The van der Waals surface area contributed by atoms with Crippen molar-refractivity contribution in [1.29, 1.82) is 0 Å². The van der Waals surface area contributed by atoms with Gasteiger partial charge in [0, 0.05) is 19.4 Å². The lowest BCUT2D eigenvalue weighted by molar-refractivity contribution is -0.137. The number of carbonyl (C=O) groups is 2. The van der Waals surface area contributed by atoms with Crippen LogP contribution in [0.15, 0.2) is 21.8 Å². The van der Waals surface area contributed by atoms with Gasteiger partial charge in [-0.3, -0.25) is 9.59 Å². The van der Waals surface area contributed by atoms with Gasteiger partial charge in [0.05, 0.1) is 6.04 Å². The van der Waals surface area contributed by atoms with E-state index in [0.29, 0.717) is 25.7 Å². The van der Waals surface area contributed by atoms with Gasteiger partial charge in [0.15, 0.2) is 0 Å². The fraction of sp³-hybridized carbons (Fsp3) is 0.760. The molecule has 14 atom stereocenters. The van der Waals surface area contributed by atoms with Crippen molar-refractivity contribution < 1.29 is 19.8 Å². The number of hydrogen-bond donors (Lipinski definition) is 3. The van der Waals surface area contributed by atoms with E-state index in [4.69, 9.17) is 10.2 Å². The molecule has 25 heteroatoms. The average molecular weight is 1160 g/mol. The van der Waals surface area contributed by atoms with Gasteiger partial charge in [-0.25, -0.2) is 0 Å². The number of rotatable bonds is 23. The highest BCUT2D eigenvalue weighted by atomic mass is 127. The Kier molecular flexibility index (Phi) is 58.5. The lowest BCUT2D eigenvalue weighted by atomic mass is 9.94. The molecular weight excluding hydrogens is 1090 g/mol. The number of unbranched alkanes of at least 4 members (excludes halogenated alkanes) is 7. The summed E-state index contributed by atoms with van der Waals surface area (Å²) in [6.45, 7) is 10.00. The van der Waals surface area contributed by atoms with Gasteiger partial charge in [-0.15, -0.1) is 98.2 Å². The van der Waals surface area contributed by atoms with Crippen LogP contribution in [0.2, 0.25) is 0 Å². The molecule has 0 radical (unpaired) electrons. The Morgan fingerprint density at radius 3 is 1.56 bits per heavy atom. The van der Waals surface area contributed by atoms with Crippen molar-refractivity contribution in [2.45, 2.75) is 111 Å². The number of aliphatic hydroxyl groups is 1. The first kappa shape index (κ1) is 63.9. The maximum Gasteiger partial charge on any atom is 0.303 e. The number of allylic oxidation sites excluding steroid dienone is 1. The molecule has 0 fully saturated rings. The number of aliphatic carboxylic acids is 1. The summed E-state index contributed by atoms with van der Waals surface area (Å²) < 4.78 is 2.01. The molecule has 0 aliphatic rings. The molecule has 1 amide bonds. The number of aliphatic hydroxyl groups excluding tert-OH is 1. The van der Waals surface area contributed by atoms with E-state index in [1.54, 1.807) is 0 Å². The highest BCUT2D eigenvalue weighted by Crippen LogP contribution is 3.10. The van der Waals surface area contributed by atoms with Gasteiger partial charge in [0.25, 0.3) is 0 Å². The number of carbonyl (C=O) groups excluding carboxylic acids is 1. The van der Waals surface area contributed by atoms with Crippen LogP contribution in [0.1, 0.15) is 105 Å². The van der Waals surface area contributed by atoms with Gasteiger partial charge in [0.1, 0.15) is 0 Å². The summed E-state index contributed by atoms with van der Waals surface area (Å²) in [7, 11) is 33.3. The normalized spacial score (nSPS) is 13.2. The van der Waals surface area contributed by atoms with E-state index in [0.717, 1.165) is 52.9 Å². The lowest BCUT2D eigenvalue weighted by Crippen LogP contribution is -2.39. The minimum absolute atomic E-state index is 0.0842. The molecule has 0 aromatic carbocycles. The van der Waals surface area contributed by atoms with Gasteiger partial charge in [-0.2, -0.15) is 0 Å². The molecule has 12 unspecified atom stereocenters. The summed E-state index contributed by atoms with van der Waals surface area (Å²) in [4.78, 5) is 22.1. The van der Waals surface area contributed by atoms with Crippen LogP contribution in [0.5, 0.6) is 0 Å². The smallest absolute Gasteiger partial charge is 0.303 e. The predicted molar refractivity (Wildman–Crippen MR) is 303 cm³/mol. The molecular formula is C25H69INO4P19. The van der Waals surface area contributed by atoms with E-state index in [9.17, 15) is 9.59 Å². The Morgan fingerprint density at radius 2 is 1.24 bits per heavy atom. The molecule has 0 aliphatic heterocycles. The van der Waals surface area contributed by atoms with Gasteiger partial charge in [-0.05, 0) is 91.5 Å². The molecule has 3 N–H and O–H groups in total. The maximum absolute atomic E-state index is 12.1. The summed E-state index contributed by atoms with van der Waals surface area (Å²) in [5.41, 5.74) is 1.23. The zero-order valence-electron chi connectivity index (χ0n) is 30.1. The third kappa shape index (κ3) is 43.4. The molecule has 5 nitrogen and oxygen atoms in total. The van der Waals surface area contributed by atoms with E-state index < -0.39 is 5.97 Å². The van der Waals surface area contributed by atoms with Crippen LogP contribution in [-0.2, 0) is 9.59 Å². The quantitative estimate of drug-likeness (QED) is 0.0412. The zero-order valence-corrected chi connectivity index (χ0v) is 52.3. The van der Waals surface area contributed by atoms with E-state index in [-0.39, 0.29) is 60.5 Å². The van der Waals surface area contributed by atoms with Crippen LogP contribution in [-0.4, -0.2) is 34.7 Å². The Hall–Kier alpha value is 7.28. The first-order chi connectivity index (χ1) is 23.4. The number of hydrogen-bond acceptors (Lipinski definition) is 3. The van der Waals surface area contributed by atoms with E-state index in [2.05, 4.69) is 166 Å². The highest BCUT2D eigenvalue weighted by molar-refractivity contribution is 14.1. The zero-order chi connectivity index (χ0) is 39.7. The average Bonchev–Trinajstić information content (AvgIpc) is 3.00. The Balaban J connectivity index is -0.000000307. The molecule has 0 heterocycles. The maximum atomic E-state index is 12.1. The molecule has 0 saturated carbocycles. The molecule has 300 valence electrons. The minimum Gasteiger partial charge on any atom is -0.481 e. The third-order valence-electron chi connectivity index (χ3n) is 6.21. The number of carboxylic acids is 1. The van der Waals surface area contributed by atoms with Gasteiger partial charge in [0.2, 0.25) is 5.91 Å². The second-order valence-electron chi connectivity index (χ2n) is 10.6. The fourth-order valence-electron chi connectivity index (χ4n) is 3.82. The standard InChI is InChI=1S/C17H30INO2.C8H16O2.H12P10.H11P9/c1-4-9-14(2)17(15(3)11-12-18)19-16(21)10-7-5-6-8-13-20;1-2-3-4-5-6-7-8(9)10;1-7(2)10(8(3)4)9(5)6;1-6-9(7(2)3)8(4)5/h9,11-12,15,17,20H,4-8,10,13H2,1-3H3,(H,19,21);2-7H2,1H3,(H,9,10);1-6H2;6H,1-5H2/b12-11+,14-9+;;;/t15-,17+;;;/m0.../s1. The van der Waals surface area contributed by atoms with Gasteiger partial charge in [-0.1, -0.05) is 108 Å². The highest BCUT2D eigenvalue weighted by Gasteiger charge is 2.21. The van der Waals surface area contributed by atoms with Crippen molar-refractivity contribution in [3.05, 3.63) is 21.8 Å². The first-order valence-electron chi connectivity index (χ1n) is 16.0. The minimum atomic E-state index is -0.670. The number of amides is 1. The van der Waals surface area contributed by atoms with Crippen molar-refractivity contribution >= 4 is 190 Å². The van der Waals surface area contributed by atoms with Crippen LogP contribution in [0.3, 0.4) is 0 Å². The third-order valence-corrected chi connectivity index (χ3v) is 100. The predicted octanol–water partition coefficient (Wildman–Crippen LogP) is 17.0. The van der Waals surface area contributed by atoms with E-state index in [1.807, 2.05) is 4.08 Å².